The molecule has 3 heteroatoms. The van der Waals surface area contributed by atoms with Crippen molar-refractivity contribution in [3.63, 3.8) is 0 Å². The molecule has 1 N–H and O–H groups in total. The number of alkyl halides is 1. The molecular weight excluding hydrogens is 301 g/mol. The lowest BCUT2D eigenvalue weighted by atomic mass is 9.85. The first-order valence-corrected chi connectivity index (χ1v) is 6.98. The number of rotatable bonds is 7. The minimum atomic E-state index is -0.318. The molecule has 0 amide bonds. The maximum atomic E-state index is 9.93. The monoisotopic (exact) mass is 327 g/mol. The van der Waals surface area contributed by atoms with E-state index in [4.69, 9.17) is 0 Å². The summed E-state index contributed by atoms with van der Waals surface area (Å²) in [5.41, 5.74) is 0. The van der Waals surface area contributed by atoms with Gasteiger partial charge >= 0.3 is 0 Å². The molecule has 0 spiro atoms. The molecule has 0 fully saturated rings. The summed E-state index contributed by atoms with van der Waals surface area (Å²) in [5, 5.41) is 9.93. The van der Waals surface area contributed by atoms with E-state index in [0.717, 1.165) is 12.8 Å². The Morgan fingerprint density at radius 3 is 2.20 bits per heavy atom. The molecular formula is C12H26INO. The normalized spacial score (nSPS) is 20.0. The number of nitrogens with zero attached hydrogens (tertiary/aromatic N) is 1. The molecule has 0 saturated carbocycles. The SMILES string of the molecule is CCCC(C)C(I)(CC)CC(O)N(C)C. The first-order chi connectivity index (χ1) is 6.87. The molecule has 3 unspecified atom stereocenters. The number of hydrogen-bond acceptors (Lipinski definition) is 2. The van der Waals surface area contributed by atoms with Crippen LogP contribution in [0.3, 0.4) is 0 Å². The van der Waals surface area contributed by atoms with Gasteiger partial charge in [0.1, 0.15) is 6.23 Å². The van der Waals surface area contributed by atoms with Crippen LogP contribution in [-0.4, -0.2) is 33.8 Å². The molecule has 0 radical (unpaired) electrons. The van der Waals surface area contributed by atoms with Gasteiger partial charge in [-0.3, -0.25) is 4.90 Å². The summed E-state index contributed by atoms with van der Waals surface area (Å²) < 4.78 is 0.234. The Morgan fingerprint density at radius 2 is 1.87 bits per heavy atom. The smallest absolute Gasteiger partial charge is 0.108 e. The third-order valence-corrected chi connectivity index (χ3v) is 5.58. The lowest BCUT2D eigenvalue weighted by molar-refractivity contribution is 0.0201. The lowest BCUT2D eigenvalue weighted by Crippen LogP contribution is -2.39. The molecule has 92 valence electrons. The van der Waals surface area contributed by atoms with E-state index in [-0.39, 0.29) is 9.65 Å². The van der Waals surface area contributed by atoms with E-state index in [0.29, 0.717) is 5.92 Å². The van der Waals surface area contributed by atoms with Gasteiger partial charge in [-0.15, -0.1) is 0 Å². The van der Waals surface area contributed by atoms with Crippen molar-refractivity contribution in [1.29, 1.82) is 0 Å². The second-order valence-corrected chi connectivity index (χ2v) is 6.87. The molecule has 0 saturated heterocycles. The van der Waals surface area contributed by atoms with Crippen molar-refractivity contribution in [2.24, 2.45) is 5.92 Å². The zero-order chi connectivity index (χ0) is 12.1. The largest absolute Gasteiger partial charge is 0.378 e. The van der Waals surface area contributed by atoms with Crippen molar-refractivity contribution in [3.8, 4) is 0 Å². The molecule has 2 nitrogen and oxygen atoms in total. The topological polar surface area (TPSA) is 23.5 Å². The molecule has 0 aliphatic rings. The molecule has 0 aliphatic carbocycles. The molecule has 0 heterocycles. The first kappa shape index (κ1) is 15.7. The highest BCUT2D eigenvalue weighted by Gasteiger charge is 2.33. The van der Waals surface area contributed by atoms with Crippen LogP contribution in [-0.2, 0) is 0 Å². The Hall–Kier alpha value is 0.650. The van der Waals surface area contributed by atoms with Gasteiger partial charge in [0.2, 0.25) is 0 Å². The molecule has 0 bridgehead atoms. The van der Waals surface area contributed by atoms with Crippen molar-refractivity contribution < 1.29 is 5.11 Å². The highest BCUT2D eigenvalue weighted by Crippen LogP contribution is 2.39. The first-order valence-electron chi connectivity index (χ1n) is 5.90. The van der Waals surface area contributed by atoms with Crippen LogP contribution < -0.4 is 0 Å². The molecule has 0 rings (SSSR count). The van der Waals surface area contributed by atoms with Crippen LogP contribution in [0.25, 0.3) is 0 Å². The fraction of sp³-hybridized carbons (Fsp3) is 1.00. The number of hydrogen-bond donors (Lipinski definition) is 1. The van der Waals surface area contributed by atoms with Crippen LogP contribution in [0, 0.1) is 5.92 Å². The Bertz CT molecular complexity index is 175. The van der Waals surface area contributed by atoms with Gasteiger partial charge in [-0.05, 0) is 32.9 Å². The minimum Gasteiger partial charge on any atom is -0.378 e. The molecule has 3 atom stereocenters. The molecule has 0 aromatic rings. The number of aliphatic hydroxyl groups is 1. The van der Waals surface area contributed by atoms with Crippen LogP contribution in [0.1, 0.15) is 46.5 Å². The van der Waals surface area contributed by atoms with Gasteiger partial charge in [0, 0.05) is 9.84 Å². The zero-order valence-electron chi connectivity index (χ0n) is 10.8. The summed E-state index contributed by atoms with van der Waals surface area (Å²) in [6.45, 7) is 6.76. The summed E-state index contributed by atoms with van der Waals surface area (Å²) >= 11 is 2.55. The summed E-state index contributed by atoms with van der Waals surface area (Å²) in [6.07, 6.45) is 4.14. The fourth-order valence-electron chi connectivity index (χ4n) is 1.87. The Balaban J connectivity index is 4.41. The van der Waals surface area contributed by atoms with Crippen LogP contribution >= 0.6 is 22.6 Å². The predicted octanol–water partition coefficient (Wildman–Crippen LogP) is 3.28. The second-order valence-electron chi connectivity index (χ2n) is 4.73. The maximum Gasteiger partial charge on any atom is 0.108 e. The summed E-state index contributed by atoms with van der Waals surface area (Å²) in [4.78, 5) is 1.89. The van der Waals surface area contributed by atoms with Gasteiger partial charge in [-0.2, -0.15) is 0 Å². The molecule has 0 aromatic heterocycles. The summed E-state index contributed by atoms with van der Waals surface area (Å²) in [5.74, 6) is 0.669. The quantitative estimate of drug-likeness (QED) is 0.441. The van der Waals surface area contributed by atoms with Crippen LogP contribution in [0.2, 0.25) is 0 Å². The van der Waals surface area contributed by atoms with E-state index in [9.17, 15) is 5.11 Å². The number of aliphatic hydroxyl groups excluding tert-OH is 1. The van der Waals surface area contributed by atoms with Gasteiger partial charge in [0.05, 0.1) is 0 Å². The second kappa shape index (κ2) is 7.07. The van der Waals surface area contributed by atoms with E-state index < -0.39 is 0 Å². The molecule has 0 aliphatic heterocycles. The standard InChI is InChI=1S/C12H26INO/c1-6-8-10(3)12(13,7-2)9-11(15)14(4)5/h10-11,15H,6-9H2,1-5H3. The third kappa shape index (κ3) is 5.00. The van der Waals surface area contributed by atoms with E-state index in [1.807, 2.05) is 19.0 Å². The van der Waals surface area contributed by atoms with Crippen LogP contribution in [0.15, 0.2) is 0 Å². The predicted molar refractivity (Wildman–Crippen MR) is 75.4 cm³/mol. The van der Waals surface area contributed by atoms with Gasteiger partial charge in [-0.25, -0.2) is 0 Å². The van der Waals surface area contributed by atoms with E-state index in [2.05, 4.69) is 43.4 Å². The van der Waals surface area contributed by atoms with Gasteiger partial charge in [0.15, 0.2) is 0 Å². The average molecular weight is 327 g/mol. The highest BCUT2D eigenvalue weighted by atomic mass is 127. The van der Waals surface area contributed by atoms with Crippen LogP contribution in [0.5, 0.6) is 0 Å². The van der Waals surface area contributed by atoms with Crippen molar-refractivity contribution in [3.05, 3.63) is 0 Å². The van der Waals surface area contributed by atoms with E-state index in [1.165, 1.54) is 12.8 Å². The maximum absolute atomic E-state index is 9.93. The van der Waals surface area contributed by atoms with Crippen molar-refractivity contribution in [2.75, 3.05) is 14.1 Å². The number of halogens is 1. The zero-order valence-corrected chi connectivity index (χ0v) is 12.9. The lowest BCUT2D eigenvalue weighted by Gasteiger charge is -2.36. The highest BCUT2D eigenvalue weighted by molar-refractivity contribution is 14.1. The van der Waals surface area contributed by atoms with Gasteiger partial charge in [0.25, 0.3) is 0 Å². The van der Waals surface area contributed by atoms with Crippen LogP contribution in [0.4, 0.5) is 0 Å². The fourth-order valence-corrected chi connectivity index (χ4v) is 2.58. The minimum absolute atomic E-state index is 0.234. The van der Waals surface area contributed by atoms with E-state index >= 15 is 0 Å². The van der Waals surface area contributed by atoms with E-state index in [1.54, 1.807) is 0 Å². The molecule has 0 aromatic carbocycles. The third-order valence-electron chi connectivity index (χ3n) is 3.31. The van der Waals surface area contributed by atoms with Gasteiger partial charge in [-0.1, -0.05) is 49.8 Å². The Labute approximate surface area is 109 Å². The summed E-state index contributed by atoms with van der Waals surface area (Å²) in [6, 6.07) is 0. The van der Waals surface area contributed by atoms with Gasteiger partial charge < -0.3 is 5.11 Å². The van der Waals surface area contributed by atoms with Crippen molar-refractivity contribution in [2.45, 2.75) is 56.1 Å². The Kier molecular flexibility index (Phi) is 7.38. The summed E-state index contributed by atoms with van der Waals surface area (Å²) in [7, 11) is 3.86. The average Bonchev–Trinajstić information content (AvgIpc) is 2.17. The van der Waals surface area contributed by atoms with Crippen molar-refractivity contribution >= 4 is 22.6 Å². The van der Waals surface area contributed by atoms with Crippen molar-refractivity contribution in [1.82, 2.24) is 4.90 Å². The Morgan fingerprint density at radius 1 is 1.33 bits per heavy atom. The molecule has 15 heavy (non-hydrogen) atoms.